The van der Waals surface area contributed by atoms with Gasteiger partial charge in [0.05, 0.1) is 11.1 Å². The molecule has 0 unspecified atom stereocenters. The zero-order valence-electron chi connectivity index (χ0n) is 9.25. The van der Waals surface area contributed by atoms with E-state index < -0.39 is 11.9 Å². The Morgan fingerprint density at radius 2 is 1.94 bits per heavy atom. The van der Waals surface area contributed by atoms with Crippen LogP contribution in [0.25, 0.3) is 10.9 Å². The van der Waals surface area contributed by atoms with Crippen molar-refractivity contribution in [3.8, 4) is 0 Å². The molecule has 0 aliphatic heterocycles. The first-order chi connectivity index (χ1) is 8.11. The van der Waals surface area contributed by atoms with Gasteiger partial charge in [-0.05, 0) is 12.1 Å². The molecule has 0 atom stereocenters. The minimum Gasteiger partial charge on any atom is -0.351 e. The predicted molar refractivity (Wildman–Crippen MR) is 63.4 cm³/mol. The number of aromatic nitrogens is 1. The van der Waals surface area contributed by atoms with E-state index in [1.807, 2.05) is 12.1 Å². The van der Waals surface area contributed by atoms with Gasteiger partial charge in [0, 0.05) is 18.6 Å². The zero-order chi connectivity index (χ0) is 12.4. The van der Waals surface area contributed by atoms with Crippen LogP contribution in [0.3, 0.4) is 0 Å². The molecule has 0 aliphatic rings. The van der Waals surface area contributed by atoms with Crippen molar-refractivity contribution in [2.24, 2.45) is 5.73 Å². The molecule has 0 radical (unpaired) electrons. The second-order valence-electron chi connectivity index (χ2n) is 3.58. The van der Waals surface area contributed by atoms with Crippen LogP contribution in [0.15, 0.2) is 36.5 Å². The quantitative estimate of drug-likeness (QED) is 0.802. The number of imide groups is 1. The first kappa shape index (κ1) is 11.1. The van der Waals surface area contributed by atoms with Gasteiger partial charge in [0.15, 0.2) is 0 Å². The van der Waals surface area contributed by atoms with E-state index >= 15 is 0 Å². The number of amides is 3. The fraction of sp³-hybridized carbons (Fsp3) is 0.0833. The molecule has 0 bridgehead atoms. The van der Waals surface area contributed by atoms with E-state index in [0.29, 0.717) is 11.1 Å². The Morgan fingerprint density at radius 3 is 2.65 bits per heavy atom. The van der Waals surface area contributed by atoms with Crippen LogP contribution in [0, 0.1) is 0 Å². The average molecular weight is 229 g/mol. The van der Waals surface area contributed by atoms with Crippen molar-refractivity contribution in [2.75, 3.05) is 7.05 Å². The first-order valence-corrected chi connectivity index (χ1v) is 5.02. The Kier molecular flexibility index (Phi) is 2.74. The Labute approximate surface area is 97.9 Å². The van der Waals surface area contributed by atoms with Crippen LogP contribution in [0.4, 0.5) is 4.79 Å². The van der Waals surface area contributed by atoms with Gasteiger partial charge in [-0.1, -0.05) is 18.2 Å². The number of pyridine rings is 1. The summed E-state index contributed by atoms with van der Waals surface area (Å²) in [6.07, 6.45) is 1.60. The van der Waals surface area contributed by atoms with Crippen LogP contribution >= 0.6 is 0 Å². The number of carbonyl (C=O) groups excluding carboxylic acids is 2. The summed E-state index contributed by atoms with van der Waals surface area (Å²) in [6.45, 7) is 0. The number of fused-ring (bicyclic) bond motifs is 1. The third-order valence-electron chi connectivity index (χ3n) is 2.50. The van der Waals surface area contributed by atoms with Gasteiger partial charge in [0.1, 0.15) is 0 Å². The first-order valence-electron chi connectivity index (χ1n) is 5.02. The molecule has 0 aliphatic carbocycles. The molecule has 5 nitrogen and oxygen atoms in total. The standard InChI is InChI=1S/C12H11N3O2/c1-15(12(13)17)11(16)9-6-2-4-8-5-3-7-14-10(8)9/h2-7H,1H3,(H2,13,17). The second-order valence-corrected chi connectivity index (χ2v) is 3.58. The average Bonchev–Trinajstić information content (AvgIpc) is 2.36. The maximum absolute atomic E-state index is 12.0. The van der Waals surface area contributed by atoms with Crippen LogP contribution in [-0.2, 0) is 0 Å². The monoisotopic (exact) mass is 229 g/mol. The third-order valence-corrected chi connectivity index (χ3v) is 2.50. The summed E-state index contributed by atoms with van der Waals surface area (Å²) >= 11 is 0. The summed E-state index contributed by atoms with van der Waals surface area (Å²) in [5.74, 6) is -0.457. The molecule has 86 valence electrons. The lowest BCUT2D eigenvalue weighted by molar-refractivity contribution is 0.0839. The Hall–Kier alpha value is -2.43. The summed E-state index contributed by atoms with van der Waals surface area (Å²) < 4.78 is 0. The highest BCUT2D eigenvalue weighted by Gasteiger charge is 2.18. The van der Waals surface area contributed by atoms with Crippen LogP contribution in [0.2, 0.25) is 0 Å². The molecule has 17 heavy (non-hydrogen) atoms. The summed E-state index contributed by atoms with van der Waals surface area (Å²) in [6, 6.07) is 8.06. The Bertz CT molecular complexity index is 590. The van der Waals surface area contributed by atoms with Crippen LogP contribution in [0.5, 0.6) is 0 Å². The van der Waals surface area contributed by atoms with E-state index in [4.69, 9.17) is 5.73 Å². The van der Waals surface area contributed by atoms with Gasteiger partial charge in [0.2, 0.25) is 0 Å². The van der Waals surface area contributed by atoms with Gasteiger partial charge in [0.25, 0.3) is 5.91 Å². The van der Waals surface area contributed by atoms with E-state index in [-0.39, 0.29) is 0 Å². The number of urea groups is 1. The number of rotatable bonds is 1. The molecule has 2 N–H and O–H groups in total. The van der Waals surface area contributed by atoms with Crippen LogP contribution < -0.4 is 5.73 Å². The molecule has 2 rings (SSSR count). The van der Waals surface area contributed by atoms with Gasteiger partial charge >= 0.3 is 6.03 Å². The number of para-hydroxylation sites is 1. The van der Waals surface area contributed by atoms with Crippen molar-refractivity contribution in [3.05, 3.63) is 42.1 Å². The van der Waals surface area contributed by atoms with Gasteiger partial charge < -0.3 is 5.73 Å². The molecule has 0 spiro atoms. The molecule has 3 amide bonds. The van der Waals surface area contributed by atoms with Gasteiger partial charge in [-0.15, -0.1) is 0 Å². The molecule has 1 heterocycles. The van der Waals surface area contributed by atoms with Crippen molar-refractivity contribution in [1.29, 1.82) is 0 Å². The normalized spacial score (nSPS) is 10.2. The van der Waals surface area contributed by atoms with Crippen molar-refractivity contribution in [1.82, 2.24) is 9.88 Å². The number of nitrogens with two attached hydrogens (primary N) is 1. The van der Waals surface area contributed by atoms with E-state index in [1.54, 1.807) is 24.4 Å². The molecule has 0 saturated heterocycles. The summed E-state index contributed by atoms with van der Waals surface area (Å²) in [5, 5.41) is 0.844. The Balaban J connectivity index is 2.56. The number of hydrogen-bond acceptors (Lipinski definition) is 3. The topological polar surface area (TPSA) is 76.3 Å². The summed E-state index contributed by atoms with van der Waals surface area (Å²) in [5.41, 5.74) is 5.99. The van der Waals surface area contributed by atoms with Crippen molar-refractivity contribution >= 4 is 22.8 Å². The van der Waals surface area contributed by atoms with Crippen molar-refractivity contribution in [2.45, 2.75) is 0 Å². The number of carbonyl (C=O) groups is 2. The van der Waals surface area contributed by atoms with Crippen LogP contribution in [0.1, 0.15) is 10.4 Å². The molecule has 2 aromatic rings. The number of nitrogens with zero attached hydrogens (tertiary/aromatic N) is 2. The number of primary amides is 1. The SMILES string of the molecule is CN(C(N)=O)C(=O)c1cccc2cccnc12. The highest BCUT2D eigenvalue weighted by Crippen LogP contribution is 2.17. The van der Waals surface area contributed by atoms with E-state index in [2.05, 4.69) is 4.98 Å². The molecule has 5 heteroatoms. The Morgan fingerprint density at radius 1 is 1.24 bits per heavy atom. The van der Waals surface area contributed by atoms with Crippen LogP contribution in [-0.4, -0.2) is 28.9 Å². The molecular weight excluding hydrogens is 218 g/mol. The molecule has 1 aromatic carbocycles. The fourth-order valence-electron chi connectivity index (χ4n) is 1.56. The molecular formula is C12H11N3O2. The highest BCUT2D eigenvalue weighted by molar-refractivity contribution is 6.10. The minimum atomic E-state index is -0.789. The van der Waals surface area contributed by atoms with Crippen molar-refractivity contribution in [3.63, 3.8) is 0 Å². The number of benzene rings is 1. The summed E-state index contributed by atoms with van der Waals surface area (Å²) in [7, 11) is 1.34. The highest BCUT2D eigenvalue weighted by atomic mass is 16.2. The maximum Gasteiger partial charge on any atom is 0.321 e. The second kappa shape index (κ2) is 4.21. The van der Waals surface area contributed by atoms with Gasteiger partial charge in [-0.2, -0.15) is 0 Å². The zero-order valence-corrected chi connectivity index (χ0v) is 9.25. The van der Waals surface area contributed by atoms with Gasteiger partial charge in [-0.3, -0.25) is 14.7 Å². The molecule has 0 saturated carbocycles. The summed E-state index contributed by atoms with van der Waals surface area (Å²) in [4.78, 5) is 28.0. The van der Waals surface area contributed by atoms with E-state index in [9.17, 15) is 9.59 Å². The third kappa shape index (κ3) is 1.94. The fourth-order valence-corrected chi connectivity index (χ4v) is 1.56. The minimum absolute atomic E-state index is 0.365. The van der Waals surface area contributed by atoms with E-state index in [1.165, 1.54) is 7.05 Å². The molecule has 0 fully saturated rings. The van der Waals surface area contributed by atoms with Crippen molar-refractivity contribution < 1.29 is 9.59 Å². The lowest BCUT2D eigenvalue weighted by Gasteiger charge is -2.13. The van der Waals surface area contributed by atoms with E-state index in [0.717, 1.165) is 10.3 Å². The lowest BCUT2D eigenvalue weighted by Crippen LogP contribution is -2.37. The smallest absolute Gasteiger partial charge is 0.321 e. The van der Waals surface area contributed by atoms with Gasteiger partial charge in [-0.25, -0.2) is 4.79 Å². The predicted octanol–water partition coefficient (Wildman–Crippen LogP) is 1.39. The molecule has 1 aromatic heterocycles. The maximum atomic E-state index is 12.0. The number of hydrogen-bond donors (Lipinski definition) is 1. The largest absolute Gasteiger partial charge is 0.351 e. The lowest BCUT2D eigenvalue weighted by atomic mass is 10.1.